The predicted octanol–water partition coefficient (Wildman–Crippen LogP) is 4.33. The van der Waals surface area contributed by atoms with Crippen molar-refractivity contribution in [1.82, 2.24) is 19.5 Å². The van der Waals surface area contributed by atoms with E-state index in [0.29, 0.717) is 22.7 Å². The van der Waals surface area contributed by atoms with Crippen molar-refractivity contribution in [2.75, 3.05) is 5.32 Å². The molecule has 0 atom stereocenters. The number of hydrogen-bond donors (Lipinski definition) is 1. The minimum Gasteiger partial charge on any atom is -0.324 e. The van der Waals surface area contributed by atoms with Crippen LogP contribution in [-0.2, 0) is 0 Å². The van der Waals surface area contributed by atoms with Gasteiger partial charge in [0.1, 0.15) is 23.4 Å². The molecule has 0 saturated heterocycles. The first kappa shape index (κ1) is 17.5. The monoisotopic (exact) mass is 376 g/mol. The van der Waals surface area contributed by atoms with Crippen LogP contribution in [0.4, 0.5) is 20.4 Å². The Labute approximate surface area is 159 Å². The maximum absolute atomic E-state index is 13.8. The standard InChI is InChI=1S/C20H14F2N6/c1-11-3-5-13(6-4-11)25-20-26-14(10-23)7-19(27-20)28-12(2)24-17-8-15(21)16(22)9-18(17)28/h3-9H,1-2H3,(H,25,26,27). The molecule has 4 aromatic rings. The highest BCUT2D eigenvalue weighted by Gasteiger charge is 2.16. The van der Waals surface area contributed by atoms with Crippen molar-refractivity contribution in [2.45, 2.75) is 13.8 Å². The van der Waals surface area contributed by atoms with Gasteiger partial charge in [-0.05, 0) is 26.0 Å². The fourth-order valence-electron chi connectivity index (χ4n) is 2.91. The molecule has 0 bridgehead atoms. The number of aryl methyl sites for hydroxylation is 2. The molecule has 0 radical (unpaired) electrons. The van der Waals surface area contributed by atoms with Crippen molar-refractivity contribution in [3.05, 3.63) is 71.2 Å². The molecule has 4 rings (SSSR count). The van der Waals surface area contributed by atoms with Crippen molar-refractivity contribution in [1.29, 1.82) is 5.26 Å². The van der Waals surface area contributed by atoms with E-state index < -0.39 is 11.6 Å². The Morgan fingerprint density at radius 2 is 1.68 bits per heavy atom. The quantitative estimate of drug-likeness (QED) is 0.576. The van der Waals surface area contributed by atoms with E-state index in [1.54, 1.807) is 11.5 Å². The van der Waals surface area contributed by atoms with Gasteiger partial charge < -0.3 is 5.32 Å². The van der Waals surface area contributed by atoms with Crippen molar-refractivity contribution < 1.29 is 8.78 Å². The lowest BCUT2D eigenvalue weighted by Crippen LogP contribution is -2.06. The summed E-state index contributed by atoms with van der Waals surface area (Å²) in [5.41, 5.74) is 2.63. The zero-order chi connectivity index (χ0) is 19.8. The van der Waals surface area contributed by atoms with Crippen LogP contribution < -0.4 is 5.32 Å². The molecule has 2 aromatic carbocycles. The molecule has 0 aliphatic carbocycles. The van der Waals surface area contributed by atoms with Gasteiger partial charge in [-0.25, -0.2) is 18.7 Å². The maximum Gasteiger partial charge on any atom is 0.230 e. The van der Waals surface area contributed by atoms with Gasteiger partial charge >= 0.3 is 0 Å². The van der Waals surface area contributed by atoms with Crippen LogP contribution in [0.3, 0.4) is 0 Å². The average Bonchev–Trinajstić information content (AvgIpc) is 2.98. The number of hydrogen-bond acceptors (Lipinski definition) is 5. The lowest BCUT2D eigenvalue weighted by atomic mass is 10.2. The number of nitrogens with one attached hydrogen (secondary N) is 1. The highest BCUT2D eigenvalue weighted by Crippen LogP contribution is 2.24. The van der Waals surface area contributed by atoms with E-state index in [1.165, 1.54) is 6.07 Å². The summed E-state index contributed by atoms with van der Waals surface area (Å²) in [4.78, 5) is 12.9. The smallest absolute Gasteiger partial charge is 0.230 e. The molecule has 2 aromatic heterocycles. The van der Waals surface area contributed by atoms with E-state index >= 15 is 0 Å². The number of fused-ring (bicyclic) bond motifs is 1. The van der Waals surface area contributed by atoms with Crippen LogP contribution in [0.15, 0.2) is 42.5 Å². The average molecular weight is 376 g/mol. The van der Waals surface area contributed by atoms with Gasteiger partial charge in [0, 0.05) is 23.9 Å². The molecule has 6 nitrogen and oxygen atoms in total. The van der Waals surface area contributed by atoms with Gasteiger partial charge in [-0.2, -0.15) is 10.2 Å². The van der Waals surface area contributed by atoms with Crippen LogP contribution in [0, 0.1) is 36.8 Å². The third-order valence-corrected chi connectivity index (χ3v) is 4.23. The van der Waals surface area contributed by atoms with Gasteiger partial charge in [0.2, 0.25) is 5.95 Å². The van der Waals surface area contributed by atoms with Crippen LogP contribution in [0.25, 0.3) is 16.9 Å². The van der Waals surface area contributed by atoms with Crippen molar-refractivity contribution in [3.8, 4) is 11.9 Å². The van der Waals surface area contributed by atoms with E-state index in [4.69, 9.17) is 0 Å². The van der Waals surface area contributed by atoms with E-state index in [1.807, 2.05) is 37.3 Å². The summed E-state index contributed by atoms with van der Waals surface area (Å²) in [5.74, 6) is -0.946. The number of nitriles is 1. The molecule has 28 heavy (non-hydrogen) atoms. The fourth-order valence-corrected chi connectivity index (χ4v) is 2.91. The van der Waals surface area contributed by atoms with E-state index in [2.05, 4.69) is 20.3 Å². The molecule has 0 amide bonds. The Balaban J connectivity index is 1.85. The second-order valence-electron chi connectivity index (χ2n) is 6.29. The maximum atomic E-state index is 13.8. The Morgan fingerprint density at radius 3 is 2.39 bits per heavy atom. The topological polar surface area (TPSA) is 79.4 Å². The highest BCUT2D eigenvalue weighted by atomic mass is 19.2. The largest absolute Gasteiger partial charge is 0.324 e. The lowest BCUT2D eigenvalue weighted by Gasteiger charge is -2.10. The van der Waals surface area contributed by atoms with Gasteiger partial charge in [-0.3, -0.25) is 4.57 Å². The Hall–Kier alpha value is -3.86. The number of anilines is 2. The van der Waals surface area contributed by atoms with Crippen LogP contribution >= 0.6 is 0 Å². The van der Waals surface area contributed by atoms with Gasteiger partial charge in [-0.1, -0.05) is 17.7 Å². The number of nitrogens with zero attached hydrogens (tertiary/aromatic N) is 5. The number of halogens is 2. The van der Waals surface area contributed by atoms with Crippen molar-refractivity contribution in [2.24, 2.45) is 0 Å². The summed E-state index contributed by atoms with van der Waals surface area (Å²) < 4.78 is 28.9. The minimum atomic E-state index is -0.985. The van der Waals surface area contributed by atoms with E-state index in [-0.39, 0.29) is 11.6 Å². The molecule has 1 N–H and O–H groups in total. The third kappa shape index (κ3) is 3.14. The Bertz CT molecular complexity index is 1240. The summed E-state index contributed by atoms with van der Waals surface area (Å²) >= 11 is 0. The SMILES string of the molecule is Cc1ccc(Nc2nc(C#N)cc(-n3c(C)nc4cc(F)c(F)cc43)n2)cc1. The molecular weight excluding hydrogens is 362 g/mol. The van der Waals surface area contributed by atoms with Crippen LogP contribution in [0.2, 0.25) is 0 Å². The fraction of sp³-hybridized carbons (Fsp3) is 0.100. The number of rotatable bonds is 3. The molecule has 2 heterocycles. The zero-order valence-corrected chi connectivity index (χ0v) is 15.0. The molecule has 0 unspecified atom stereocenters. The summed E-state index contributed by atoms with van der Waals surface area (Å²) in [6.45, 7) is 3.67. The summed E-state index contributed by atoms with van der Waals surface area (Å²) in [6.07, 6.45) is 0. The van der Waals surface area contributed by atoms with Gasteiger partial charge in [0.05, 0.1) is 11.0 Å². The number of aromatic nitrogens is 4. The first-order chi connectivity index (χ1) is 13.4. The minimum absolute atomic E-state index is 0.128. The molecule has 0 aliphatic rings. The van der Waals surface area contributed by atoms with Gasteiger partial charge in [-0.15, -0.1) is 0 Å². The van der Waals surface area contributed by atoms with E-state index in [0.717, 1.165) is 23.4 Å². The highest BCUT2D eigenvalue weighted by molar-refractivity contribution is 5.78. The molecule has 0 saturated carbocycles. The first-order valence-corrected chi connectivity index (χ1v) is 8.42. The number of benzene rings is 2. The summed E-state index contributed by atoms with van der Waals surface area (Å²) in [7, 11) is 0. The summed E-state index contributed by atoms with van der Waals surface area (Å²) in [5, 5.41) is 12.4. The zero-order valence-electron chi connectivity index (χ0n) is 15.0. The van der Waals surface area contributed by atoms with Gasteiger partial charge in [0.25, 0.3) is 0 Å². The summed E-state index contributed by atoms with van der Waals surface area (Å²) in [6, 6.07) is 13.2. The van der Waals surface area contributed by atoms with Gasteiger partial charge in [0.15, 0.2) is 11.6 Å². The lowest BCUT2D eigenvalue weighted by molar-refractivity contribution is 0.510. The van der Waals surface area contributed by atoms with Crippen molar-refractivity contribution in [3.63, 3.8) is 0 Å². The third-order valence-electron chi connectivity index (χ3n) is 4.23. The second kappa shape index (κ2) is 6.70. The van der Waals surface area contributed by atoms with Crippen LogP contribution in [0.5, 0.6) is 0 Å². The van der Waals surface area contributed by atoms with Crippen LogP contribution in [-0.4, -0.2) is 19.5 Å². The Morgan fingerprint density at radius 1 is 0.964 bits per heavy atom. The molecule has 0 spiro atoms. The second-order valence-corrected chi connectivity index (χ2v) is 6.29. The molecular formula is C20H14F2N6. The molecule has 0 aliphatic heterocycles. The number of imidazole rings is 1. The molecule has 0 fully saturated rings. The molecule has 138 valence electrons. The normalized spacial score (nSPS) is 10.8. The first-order valence-electron chi connectivity index (χ1n) is 8.42. The molecule has 8 heteroatoms. The van der Waals surface area contributed by atoms with Crippen LogP contribution in [0.1, 0.15) is 17.1 Å². The van der Waals surface area contributed by atoms with Crippen molar-refractivity contribution >= 4 is 22.7 Å². The Kier molecular flexibility index (Phi) is 4.20. The predicted molar refractivity (Wildman–Crippen MR) is 100 cm³/mol. The van der Waals surface area contributed by atoms with E-state index in [9.17, 15) is 14.0 Å².